The molecule has 138 valence electrons. The van der Waals surface area contributed by atoms with Gasteiger partial charge >= 0.3 is 6.03 Å². The van der Waals surface area contributed by atoms with E-state index in [-0.39, 0.29) is 37.0 Å². The van der Waals surface area contributed by atoms with E-state index in [0.717, 1.165) is 0 Å². The van der Waals surface area contributed by atoms with Crippen molar-refractivity contribution in [1.29, 1.82) is 0 Å². The van der Waals surface area contributed by atoms with Gasteiger partial charge in [0.2, 0.25) is 5.91 Å². The summed E-state index contributed by atoms with van der Waals surface area (Å²) in [5.41, 5.74) is 0.689. The van der Waals surface area contributed by atoms with Crippen molar-refractivity contribution in [3.05, 3.63) is 18.2 Å². The summed E-state index contributed by atoms with van der Waals surface area (Å²) in [4.78, 5) is 25.9. The number of nitrogens with one attached hydrogen (secondary N) is 2. The molecule has 2 atom stereocenters. The zero-order chi connectivity index (χ0) is 18.4. The van der Waals surface area contributed by atoms with Crippen LogP contribution in [0.25, 0.3) is 0 Å². The molecule has 1 aromatic carbocycles. The molecule has 0 bridgehead atoms. The number of carbonyl (C=O) groups is 2. The topological polar surface area (TPSA) is 100 Å². The molecule has 1 aromatic rings. The summed E-state index contributed by atoms with van der Waals surface area (Å²) in [6, 6.07) is 4.28. The maximum Gasteiger partial charge on any atom is 0.315 e. The fourth-order valence-electron chi connectivity index (χ4n) is 2.74. The van der Waals surface area contributed by atoms with E-state index in [1.165, 1.54) is 7.11 Å². The molecule has 8 nitrogen and oxygen atoms in total. The molecule has 0 aromatic heterocycles. The monoisotopic (exact) mass is 351 g/mol. The fourth-order valence-corrected chi connectivity index (χ4v) is 2.74. The van der Waals surface area contributed by atoms with Gasteiger partial charge < -0.3 is 30.1 Å². The van der Waals surface area contributed by atoms with Gasteiger partial charge in [0, 0.05) is 24.7 Å². The molecule has 1 fully saturated rings. The van der Waals surface area contributed by atoms with Gasteiger partial charge in [-0.15, -0.1) is 0 Å². The first-order chi connectivity index (χ1) is 12.0. The SMILES string of the molecule is CCC(CO)NC(=O)NC1CC(=O)N(c2ccc(OC)c(OC)c2)C1. The van der Waals surface area contributed by atoms with Crippen LogP contribution in [0.3, 0.4) is 0 Å². The molecule has 3 N–H and O–H groups in total. The fraction of sp³-hybridized carbons (Fsp3) is 0.529. The highest BCUT2D eigenvalue weighted by Crippen LogP contribution is 2.33. The standard InChI is InChI=1S/C17H25N3O5/c1-4-11(10-21)18-17(23)19-12-7-16(22)20(9-12)13-5-6-14(24-2)15(8-13)25-3/h5-6,8,11-12,21H,4,7,9-10H2,1-3H3,(H2,18,19,23). The Labute approximate surface area is 147 Å². The number of methoxy groups -OCH3 is 2. The van der Waals surface area contributed by atoms with E-state index < -0.39 is 0 Å². The van der Waals surface area contributed by atoms with Crippen molar-refractivity contribution in [1.82, 2.24) is 10.6 Å². The number of hydrogen-bond donors (Lipinski definition) is 3. The molecule has 0 saturated carbocycles. The number of aliphatic hydroxyl groups excluding tert-OH is 1. The van der Waals surface area contributed by atoms with Gasteiger partial charge in [0.05, 0.1) is 32.9 Å². The number of benzene rings is 1. The summed E-state index contributed by atoms with van der Waals surface area (Å²) in [6.07, 6.45) is 0.850. The summed E-state index contributed by atoms with van der Waals surface area (Å²) in [6.45, 7) is 2.13. The van der Waals surface area contributed by atoms with Crippen molar-refractivity contribution in [3.8, 4) is 11.5 Å². The van der Waals surface area contributed by atoms with Gasteiger partial charge in [-0.25, -0.2) is 4.79 Å². The van der Waals surface area contributed by atoms with Crippen LogP contribution in [0.15, 0.2) is 18.2 Å². The van der Waals surface area contributed by atoms with Gasteiger partial charge in [0.15, 0.2) is 11.5 Å². The summed E-state index contributed by atoms with van der Waals surface area (Å²) in [5, 5.41) is 14.6. The number of anilines is 1. The Hall–Kier alpha value is -2.48. The number of rotatable bonds is 7. The first-order valence-electron chi connectivity index (χ1n) is 8.22. The number of amides is 3. The lowest BCUT2D eigenvalue weighted by molar-refractivity contribution is -0.117. The smallest absolute Gasteiger partial charge is 0.315 e. The number of aliphatic hydroxyl groups is 1. The minimum absolute atomic E-state index is 0.0771. The average Bonchev–Trinajstić information content (AvgIpc) is 2.98. The summed E-state index contributed by atoms with van der Waals surface area (Å²) in [5.74, 6) is 1.05. The van der Waals surface area contributed by atoms with Crippen LogP contribution < -0.4 is 25.0 Å². The van der Waals surface area contributed by atoms with Gasteiger partial charge in [0.25, 0.3) is 0 Å². The van der Waals surface area contributed by atoms with Crippen molar-refractivity contribution in [2.45, 2.75) is 31.8 Å². The maximum absolute atomic E-state index is 12.3. The second-order valence-electron chi connectivity index (χ2n) is 5.85. The van der Waals surface area contributed by atoms with Crippen LogP contribution in [0.5, 0.6) is 11.5 Å². The third-order valence-corrected chi connectivity index (χ3v) is 4.19. The van der Waals surface area contributed by atoms with E-state index in [1.807, 2.05) is 6.92 Å². The van der Waals surface area contributed by atoms with E-state index in [0.29, 0.717) is 30.2 Å². The second kappa shape index (κ2) is 8.57. The molecule has 1 saturated heterocycles. The van der Waals surface area contributed by atoms with Crippen LogP contribution >= 0.6 is 0 Å². The molecule has 0 aliphatic carbocycles. The van der Waals surface area contributed by atoms with E-state index in [9.17, 15) is 9.59 Å². The van der Waals surface area contributed by atoms with Gasteiger partial charge in [-0.3, -0.25) is 4.79 Å². The lowest BCUT2D eigenvalue weighted by Gasteiger charge is -2.20. The molecule has 2 unspecified atom stereocenters. The van der Waals surface area contributed by atoms with Gasteiger partial charge in [0.1, 0.15) is 0 Å². The summed E-state index contributed by atoms with van der Waals surface area (Å²) in [7, 11) is 3.08. The van der Waals surface area contributed by atoms with Gasteiger partial charge in [-0.1, -0.05) is 6.92 Å². The van der Waals surface area contributed by atoms with Crippen LogP contribution in [0.4, 0.5) is 10.5 Å². The number of nitrogens with zero attached hydrogens (tertiary/aromatic N) is 1. The molecule has 0 radical (unpaired) electrons. The largest absolute Gasteiger partial charge is 0.493 e. The van der Waals surface area contributed by atoms with Crippen LogP contribution in [-0.2, 0) is 4.79 Å². The Bertz CT molecular complexity index is 618. The summed E-state index contributed by atoms with van der Waals surface area (Å²) >= 11 is 0. The molecule has 2 rings (SSSR count). The predicted molar refractivity (Wildman–Crippen MR) is 93.1 cm³/mol. The zero-order valence-electron chi connectivity index (χ0n) is 14.7. The predicted octanol–water partition coefficient (Wildman–Crippen LogP) is 0.879. The Morgan fingerprint density at radius 2 is 2.08 bits per heavy atom. The molecule has 1 aliphatic heterocycles. The minimum Gasteiger partial charge on any atom is -0.493 e. The first-order valence-corrected chi connectivity index (χ1v) is 8.22. The molecular formula is C17H25N3O5. The zero-order valence-corrected chi connectivity index (χ0v) is 14.7. The quantitative estimate of drug-likeness (QED) is 0.677. The minimum atomic E-state index is -0.382. The molecule has 25 heavy (non-hydrogen) atoms. The van der Waals surface area contributed by atoms with E-state index >= 15 is 0 Å². The number of ether oxygens (including phenoxy) is 2. The normalized spacial score (nSPS) is 18.0. The molecular weight excluding hydrogens is 326 g/mol. The molecule has 1 aliphatic rings. The summed E-state index contributed by atoms with van der Waals surface area (Å²) < 4.78 is 10.5. The lowest BCUT2D eigenvalue weighted by Crippen LogP contribution is -2.48. The first kappa shape index (κ1) is 18.9. The Balaban J connectivity index is 2.01. The van der Waals surface area contributed by atoms with Crippen LogP contribution in [0.2, 0.25) is 0 Å². The second-order valence-corrected chi connectivity index (χ2v) is 5.85. The highest BCUT2D eigenvalue weighted by Gasteiger charge is 2.32. The molecule has 8 heteroatoms. The van der Waals surface area contributed by atoms with Crippen molar-refractivity contribution in [2.24, 2.45) is 0 Å². The van der Waals surface area contributed by atoms with Crippen LogP contribution in [0.1, 0.15) is 19.8 Å². The van der Waals surface area contributed by atoms with E-state index in [2.05, 4.69) is 10.6 Å². The van der Waals surface area contributed by atoms with Gasteiger partial charge in [-0.05, 0) is 18.6 Å². The maximum atomic E-state index is 12.3. The molecule has 3 amide bonds. The van der Waals surface area contributed by atoms with E-state index in [4.69, 9.17) is 14.6 Å². The highest BCUT2D eigenvalue weighted by atomic mass is 16.5. The van der Waals surface area contributed by atoms with Gasteiger partial charge in [-0.2, -0.15) is 0 Å². The lowest BCUT2D eigenvalue weighted by atomic mass is 10.2. The van der Waals surface area contributed by atoms with E-state index in [1.54, 1.807) is 30.2 Å². The Morgan fingerprint density at radius 3 is 2.68 bits per heavy atom. The number of carbonyl (C=O) groups excluding carboxylic acids is 2. The van der Waals surface area contributed by atoms with Crippen LogP contribution in [-0.4, -0.2) is 56.5 Å². The highest BCUT2D eigenvalue weighted by molar-refractivity contribution is 5.97. The third kappa shape index (κ3) is 4.54. The Kier molecular flexibility index (Phi) is 6.46. The van der Waals surface area contributed by atoms with Crippen molar-refractivity contribution < 1.29 is 24.2 Å². The van der Waals surface area contributed by atoms with Crippen LogP contribution in [0, 0.1) is 0 Å². The third-order valence-electron chi connectivity index (χ3n) is 4.19. The molecule has 1 heterocycles. The van der Waals surface area contributed by atoms with Crippen molar-refractivity contribution in [3.63, 3.8) is 0 Å². The number of urea groups is 1. The Morgan fingerprint density at radius 1 is 1.36 bits per heavy atom. The van der Waals surface area contributed by atoms with Crippen molar-refractivity contribution >= 4 is 17.6 Å². The van der Waals surface area contributed by atoms with Crippen molar-refractivity contribution in [2.75, 3.05) is 32.3 Å². The number of hydrogen-bond acceptors (Lipinski definition) is 5. The average molecular weight is 351 g/mol. The molecule has 0 spiro atoms.